The Labute approximate surface area is 389 Å². The summed E-state index contributed by atoms with van der Waals surface area (Å²) in [6.07, 6.45) is -6.01. The lowest BCUT2D eigenvalue weighted by atomic mass is 10.0. The molecule has 3 fully saturated rings. The molecule has 0 aliphatic heterocycles. The number of amides is 2. The number of H-pyrrole nitrogens is 2. The highest BCUT2D eigenvalue weighted by Crippen LogP contribution is 2.41. The smallest absolute Gasteiger partial charge is 0.443 e. The normalized spacial score (nSPS) is 22.0. The molecule has 0 aromatic carbocycles. The fourth-order valence-electron chi connectivity index (χ4n) is 8.61. The number of fused-ring (bicyclic) bond motifs is 2. The Bertz CT molecular complexity index is 2900. The lowest BCUT2D eigenvalue weighted by Gasteiger charge is -2.18. The molecule has 21 nitrogen and oxygen atoms in total. The van der Waals surface area contributed by atoms with Gasteiger partial charge in [-0.3, -0.25) is 9.84 Å². The molecular weight excluding hydrogens is 918 g/mol. The largest absolute Gasteiger partial charge is 0.522 e. The number of ether oxygens (including phenoxy) is 4. The molecular formula is C43H49F5N15O6+. The van der Waals surface area contributed by atoms with E-state index in [1.165, 1.54) is 34.8 Å². The topological polar surface area (TPSA) is 252 Å². The summed E-state index contributed by atoms with van der Waals surface area (Å²) in [6.45, 7) is 4.57. The summed E-state index contributed by atoms with van der Waals surface area (Å²) in [7, 11) is 1.53. The highest BCUT2D eigenvalue weighted by Gasteiger charge is 2.44. The summed E-state index contributed by atoms with van der Waals surface area (Å²) in [5.74, 6) is -0.340. The Kier molecular flexibility index (Phi) is 12.8. The van der Waals surface area contributed by atoms with Crippen LogP contribution in [-0.2, 0) is 38.7 Å². The monoisotopic (exact) mass is 966 g/mol. The second-order valence-corrected chi connectivity index (χ2v) is 18.1. The molecule has 0 radical (unpaired) electrons. The van der Waals surface area contributed by atoms with Gasteiger partial charge in [0, 0.05) is 54.4 Å². The third-order valence-electron chi connectivity index (χ3n) is 12.2. The van der Waals surface area contributed by atoms with Crippen molar-refractivity contribution in [3.63, 3.8) is 0 Å². The van der Waals surface area contributed by atoms with Gasteiger partial charge in [0.15, 0.2) is 11.6 Å². The third-order valence-corrected chi connectivity index (χ3v) is 12.2. The summed E-state index contributed by atoms with van der Waals surface area (Å²) in [5, 5.41) is 41.2. The van der Waals surface area contributed by atoms with Gasteiger partial charge in [-0.15, -0.1) is 13.2 Å². The minimum Gasteiger partial charge on any atom is -0.443 e. The number of aromatic nitrogens is 10. The molecule has 366 valence electrons. The van der Waals surface area contributed by atoms with E-state index < -0.39 is 55.6 Å². The summed E-state index contributed by atoms with van der Waals surface area (Å²) in [5.41, 5.74) is 2.18. The Morgan fingerprint density at radius 1 is 1.00 bits per heavy atom. The van der Waals surface area contributed by atoms with E-state index in [1.54, 1.807) is 36.6 Å². The van der Waals surface area contributed by atoms with Gasteiger partial charge in [-0.2, -0.15) is 25.7 Å². The standard InChI is InChI=1S/C43H48F5N15O6/c1-21(2)50-40(64)68-33-6-5-27(37(33)45)30-14-36(54-39-32-11-23(19-66-4)58-61(32)16-25(15-49)51-39)63(60-30)18-26-17-62-31(12-24(59-62)20-67-43(46,47)48)38(52-26)53-35-13-29(56-57-35)22-9-28(44)34(10-22)69-41(65)55-42(3)7-8-42/h11-14,16-17,21-22,27-28,33-34,37H,5-10,18-20H2,1-4H3,(H5,50,51,52,53,54,55,56,57,58,59,60,64,65)/p+1/t22-,27-,28+,33-,34-,37+/m0/s1. The van der Waals surface area contributed by atoms with Crippen LogP contribution < -0.4 is 25.8 Å². The molecule has 0 unspecified atom stereocenters. The molecule has 9 rings (SSSR count). The van der Waals surface area contributed by atoms with Crippen molar-refractivity contribution in [2.45, 2.75) is 133 Å². The maximum absolute atomic E-state index is 16.2. The lowest BCUT2D eigenvalue weighted by molar-refractivity contribution is -0.577. The molecule has 6 aromatic heterocycles. The van der Waals surface area contributed by atoms with Gasteiger partial charge in [0.1, 0.15) is 54.3 Å². The van der Waals surface area contributed by atoms with Crippen LogP contribution in [0.3, 0.4) is 0 Å². The number of nitrogens with zero attached hydrogens (tertiary/aromatic N) is 9. The number of methoxy groups -OCH3 is 1. The van der Waals surface area contributed by atoms with Crippen LogP contribution in [-0.4, -0.2) is 106 Å². The Morgan fingerprint density at radius 3 is 2.54 bits per heavy atom. The van der Waals surface area contributed by atoms with Crippen molar-refractivity contribution < 1.29 is 55.0 Å². The van der Waals surface area contributed by atoms with Crippen molar-refractivity contribution in [2.75, 3.05) is 17.7 Å². The van der Waals surface area contributed by atoms with Crippen molar-refractivity contribution in [3.8, 4) is 6.07 Å². The van der Waals surface area contributed by atoms with E-state index in [2.05, 4.69) is 51.4 Å². The first-order chi connectivity index (χ1) is 32.9. The quantitative estimate of drug-likeness (QED) is 0.0461. The van der Waals surface area contributed by atoms with Gasteiger partial charge in [0.05, 0.1) is 36.4 Å². The predicted molar refractivity (Wildman–Crippen MR) is 231 cm³/mol. The Balaban J connectivity index is 1.03. The van der Waals surface area contributed by atoms with Crippen molar-refractivity contribution in [3.05, 3.63) is 70.8 Å². The number of nitrogens with one attached hydrogen (secondary N) is 6. The van der Waals surface area contributed by atoms with Crippen molar-refractivity contribution >= 4 is 46.5 Å². The molecule has 3 aliphatic carbocycles. The SMILES string of the molecule is COCc1cc2c(Nc3cc([C@@H]4CC[C@H](OC(=O)NC(C)C)[C@@H]4F)nn3Cc3cn4nc(COC(F)(F)F)cc4c(Nc4cc([C@H]5C[C@@H](F)[C@@H](OC(=O)NC6(C)CC6)C5)[nH]n4)n3)nc(C#N)c[n+]2[nH]1. The molecule has 3 saturated carbocycles. The first kappa shape index (κ1) is 46.9. The number of hydrogen-bond acceptors (Lipinski definition) is 14. The van der Waals surface area contributed by atoms with Crippen molar-refractivity contribution in [2.24, 2.45) is 0 Å². The van der Waals surface area contributed by atoms with Crippen LogP contribution in [0.25, 0.3) is 11.0 Å². The van der Waals surface area contributed by atoms with Gasteiger partial charge in [-0.05, 0) is 65.4 Å². The molecule has 2 amide bonds. The van der Waals surface area contributed by atoms with Gasteiger partial charge >= 0.3 is 18.5 Å². The molecule has 6 atom stereocenters. The molecule has 6 heterocycles. The van der Waals surface area contributed by atoms with Crippen LogP contribution in [0.4, 0.5) is 54.8 Å². The second-order valence-electron chi connectivity index (χ2n) is 18.1. The van der Waals surface area contributed by atoms with E-state index in [9.17, 15) is 28.0 Å². The van der Waals surface area contributed by atoms with Crippen LogP contribution in [0.15, 0.2) is 36.7 Å². The summed E-state index contributed by atoms with van der Waals surface area (Å²) < 4.78 is 95.6. The highest BCUT2D eigenvalue weighted by molar-refractivity contribution is 5.73. The Morgan fingerprint density at radius 2 is 1.80 bits per heavy atom. The zero-order valence-corrected chi connectivity index (χ0v) is 37.7. The molecule has 6 N–H and O–H groups in total. The molecule has 0 saturated heterocycles. The molecule has 69 heavy (non-hydrogen) atoms. The maximum Gasteiger partial charge on any atom is 0.522 e. The van der Waals surface area contributed by atoms with Crippen LogP contribution >= 0.6 is 0 Å². The van der Waals surface area contributed by atoms with Crippen molar-refractivity contribution in [1.29, 1.82) is 5.26 Å². The maximum atomic E-state index is 16.2. The van der Waals surface area contributed by atoms with E-state index >= 15 is 8.78 Å². The van der Waals surface area contributed by atoms with Gasteiger partial charge in [-0.1, -0.05) is 4.52 Å². The van der Waals surface area contributed by atoms with Gasteiger partial charge in [-0.25, -0.2) is 37.5 Å². The number of nitriles is 1. The molecule has 26 heteroatoms. The molecule has 0 spiro atoms. The first-order valence-corrected chi connectivity index (χ1v) is 22.2. The van der Waals surface area contributed by atoms with Crippen LogP contribution in [0, 0.1) is 11.3 Å². The van der Waals surface area contributed by atoms with Gasteiger partial charge in [0.2, 0.25) is 17.7 Å². The molecule has 6 aromatic rings. The lowest BCUT2D eigenvalue weighted by Crippen LogP contribution is -2.38. The van der Waals surface area contributed by atoms with Crippen LogP contribution in [0.5, 0.6) is 0 Å². The number of rotatable bonds is 16. The average Bonchev–Trinajstić information content (AvgIpc) is 3.98. The van der Waals surface area contributed by atoms with E-state index in [1.807, 2.05) is 13.0 Å². The molecule has 0 bridgehead atoms. The average molecular weight is 967 g/mol. The van der Waals surface area contributed by atoms with Crippen LogP contribution in [0.1, 0.15) is 105 Å². The zero-order chi connectivity index (χ0) is 48.8. The van der Waals surface area contributed by atoms with Crippen LogP contribution in [0.2, 0.25) is 0 Å². The predicted octanol–water partition coefficient (Wildman–Crippen LogP) is 6.28. The van der Waals surface area contributed by atoms with Gasteiger partial charge < -0.3 is 35.5 Å². The fourth-order valence-corrected chi connectivity index (χ4v) is 8.61. The third kappa shape index (κ3) is 10.8. The first-order valence-electron chi connectivity index (χ1n) is 22.2. The number of alkyl carbamates (subject to hydrolysis) is 2. The number of anilines is 4. The number of alkyl halides is 5. The highest BCUT2D eigenvalue weighted by atomic mass is 19.4. The minimum atomic E-state index is -4.93. The number of hydrogen-bond donors (Lipinski definition) is 6. The summed E-state index contributed by atoms with van der Waals surface area (Å²) in [6, 6.07) is 8.22. The number of carbonyl (C=O) groups is 2. The summed E-state index contributed by atoms with van der Waals surface area (Å²) in [4.78, 5) is 34.3. The van der Waals surface area contributed by atoms with Crippen molar-refractivity contribution in [1.82, 2.24) is 55.3 Å². The van der Waals surface area contributed by atoms with E-state index in [0.717, 1.165) is 12.8 Å². The zero-order valence-electron chi connectivity index (χ0n) is 37.7. The minimum absolute atomic E-state index is 0.0519. The molecule has 3 aliphatic rings. The Hall–Kier alpha value is -7.14. The van der Waals surface area contributed by atoms with E-state index in [0.29, 0.717) is 22.6 Å². The van der Waals surface area contributed by atoms with Gasteiger partial charge in [0.25, 0.3) is 5.52 Å². The van der Waals surface area contributed by atoms with E-state index in [-0.39, 0.29) is 102 Å². The fraction of sp³-hybridized carbons (Fsp3) is 0.512. The second kappa shape index (κ2) is 18.7. The number of carbonyl (C=O) groups excluding carboxylic acids is 2. The summed E-state index contributed by atoms with van der Waals surface area (Å²) >= 11 is 0. The van der Waals surface area contributed by atoms with E-state index in [4.69, 9.17) is 24.3 Å². The number of aromatic amines is 2. The number of halogens is 5.